The summed E-state index contributed by atoms with van der Waals surface area (Å²) in [5.41, 5.74) is 1.19. The third-order valence-corrected chi connectivity index (χ3v) is 4.18. The molecule has 0 fully saturated rings. The highest BCUT2D eigenvalue weighted by atomic mass is 79.9. The van der Waals surface area contributed by atoms with Crippen molar-refractivity contribution in [2.45, 2.75) is 6.92 Å². The van der Waals surface area contributed by atoms with E-state index in [1.807, 2.05) is 25.1 Å². The van der Waals surface area contributed by atoms with Gasteiger partial charge in [-0.1, -0.05) is 6.08 Å². The van der Waals surface area contributed by atoms with Crippen LogP contribution >= 0.6 is 15.9 Å². The van der Waals surface area contributed by atoms with Crippen molar-refractivity contribution in [2.24, 2.45) is 7.05 Å². The molecule has 0 spiro atoms. The summed E-state index contributed by atoms with van der Waals surface area (Å²) in [6.07, 6.45) is 5.07. The molecule has 0 atom stereocenters. The molecule has 2 aromatic heterocycles. The van der Waals surface area contributed by atoms with Gasteiger partial charge in [-0.2, -0.15) is 5.10 Å². The summed E-state index contributed by atoms with van der Waals surface area (Å²) in [5, 5.41) is 4.51. The predicted molar refractivity (Wildman–Crippen MR) is 99.9 cm³/mol. The van der Waals surface area contributed by atoms with Gasteiger partial charge < -0.3 is 14.5 Å². The average Bonchev–Trinajstić information content (AvgIpc) is 2.97. The van der Waals surface area contributed by atoms with Gasteiger partial charge in [0.15, 0.2) is 17.1 Å². The third kappa shape index (κ3) is 3.43. The number of methoxy groups -OCH3 is 1. The van der Waals surface area contributed by atoms with E-state index in [2.05, 4.69) is 31.0 Å². The molecule has 2 heterocycles. The van der Waals surface area contributed by atoms with E-state index in [-0.39, 0.29) is 5.56 Å². The number of halogens is 1. The molecular formula is C17H17BrN4O3. The molecule has 0 saturated heterocycles. The summed E-state index contributed by atoms with van der Waals surface area (Å²) in [6.45, 7) is 2.45. The Labute approximate surface area is 152 Å². The first kappa shape index (κ1) is 17.2. The van der Waals surface area contributed by atoms with Gasteiger partial charge in [-0.25, -0.2) is 4.98 Å². The maximum atomic E-state index is 12.1. The molecule has 0 radical (unpaired) electrons. The van der Waals surface area contributed by atoms with Crippen LogP contribution in [0, 0.1) is 0 Å². The van der Waals surface area contributed by atoms with E-state index in [0.29, 0.717) is 35.0 Å². The minimum absolute atomic E-state index is 0.219. The first-order chi connectivity index (χ1) is 12.0. The van der Waals surface area contributed by atoms with Crippen LogP contribution in [0.25, 0.3) is 23.2 Å². The number of nitrogens with one attached hydrogen (secondary N) is 1. The van der Waals surface area contributed by atoms with E-state index in [9.17, 15) is 4.79 Å². The zero-order valence-electron chi connectivity index (χ0n) is 14.0. The van der Waals surface area contributed by atoms with E-state index < -0.39 is 0 Å². The van der Waals surface area contributed by atoms with Gasteiger partial charge in [0, 0.05) is 7.05 Å². The molecule has 130 valence electrons. The molecular weight excluding hydrogens is 388 g/mol. The highest BCUT2D eigenvalue weighted by Gasteiger charge is 2.10. The van der Waals surface area contributed by atoms with E-state index >= 15 is 0 Å². The van der Waals surface area contributed by atoms with Crippen LogP contribution in [0.5, 0.6) is 11.5 Å². The van der Waals surface area contributed by atoms with Crippen LogP contribution < -0.4 is 15.0 Å². The molecule has 0 unspecified atom stereocenters. The molecule has 0 amide bonds. The number of aryl methyl sites for hydroxylation is 1. The Balaban J connectivity index is 1.98. The SMILES string of the molecule is CCOc1c(Br)cc(/C=C/c2nc3c(cnn3C)c(=O)[nH]2)cc1OC. The van der Waals surface area contributed by atoms with Crippen molar-refractivity contribution in [3.63, 3.8) is 0 Å². The van der Waals surface area contributed by atoms with E-state index in [1.165, 1.54) is 6.20 Å². The molecule has 0 bridgehead atoms. The Morgan fingerprint density at radius 2 is 2.16 bits per heavy atom. The topological polar surface area (TPSA) is 82.0 Å². The second-order valence-corrected chi connectivity index (χ2v) is 6.11. The van der Waals surface area contributed by atoms with Crippen molar-refractivity contribution in [1.82, 2.24) is 19.7 Å². The molecule has 3 rings (SSSR count). The second kappa shape index (κ2) is 7.10. The molecule has 7 nitrogen and oxygen atoms in total. The molecule has 3 aromatic rings. The van der Waals surface area contributed by atoms with E-state index in [1.54, 1.807) is 24.9 Å². The molecule has 1 aromatic carbocycles. The molecule has 0 aliphatic heterocycles. The summed E-state index contributed by atoms with van der Waals surface area (Å²) in [7, 11) is 3.34. The lowest BCUT2D eigenvalue weighted by molar-refractivity contribution is 0.309. The number of benzene rings is 1. The smallest absolute Gasteiger partial charge is 0.262 e. The van der Waals surface area contributed by atoms with Crippen molar-refractivity contribution in [1.29, 1.82) is 0 Å². The van der Waals surface area contributed by atoms with Crippen LogP contribution in [0.15, 0.2) is 27.6 Å². The summed E-state index contributed by atoms with van der Waals surface area (Å²) in [5.74, 6) is 1.73. The fourth-order valence-electron chi connectivity index (χ4n) is 2.42. The number of nitrogens with zero attached hydrogens (tertiary/aromatic N) is 3. The predicted octanol–water partition coefficient (Wildman–Crippen LogP) is 3.00. The summed E-state index contributed by atoms with van der Waals surface area (Å²) in [6, 6.07) is 3.76. The number of H-pyrrole nitrogens is 1. The maximum absolute atomic E-state index is 12.1. The Morgan fingerprint density at radius 1 is 1.36 bits per heavy atom. The van der Waals surface area contributed by atoms with Gasteiger partial charge in [0.25, 0.3) is 5.56 Å². The van der Waals surface area contributed by atoms with Crippen LogP contribution in [0.2, 0.25) is 0 Å². The summed E-state index contributed by atoms with van der Waals surface area (Å²) < 4.78 is 13.3. The number of hydrogen-bond acceptors (Lipinski definition) is 5. The van der Waals surface area contributed by atoms with E-state index in [4.69, 9.17) is 9.47 Å². The van der Waals surface area contributed by atoms with Crippen molar-refractivity contribution in [3.8, 4) is 11.5 Å². The van der Waals surface area contributed by atoms with Gasteiger partial charge in [-0.15, -0.1) is 0 Å². The van der Waals surface area contributed by atoms with Crippen molar-refractivity contribution >= 4 is 39.1 Å². The molecule has 0 saturated carbocycles. The largest absolute Gasteiger partial charge is 0.493 e. The van der Waals surface area contributed by atoms with Gasteiger partial charge in [0.2, 0.25) is 0 Å². The van der Waals surface area contributed by atoms with Gasteiger partial charge in [0.1, 0.15) is 11.2 Å². The maximum Gasteiger partial charge on any atom is 0.262 e. The number of ether oxygens (including phenoxy) is 2. The standard InChI is InChI=1S/C17H17BrN4O3/c1-4-25-15-12(18)7-10(8-13(15)24-3)5-6-14-20-16-11(17(23)21-14)9-19-22(16)2/h5-9H,4H2,1-3H3,(H,20,21,23)/b6-5+. The molecule has 0 aliphatic rings. The quantitative estimate of drug-likeness (QED) is 0.706. The van der Waals surface area contributed by atoms with Crippen LogP contribution in [0.4, 0.5) is 0 Å². The lowest BCUT2D eigenvalue weighted by Gasteiger charge is -2.12. The fraction of sp³-hybridized carbons (Fsp3) is 0.235. The zero-order valence-corrected chi connectivity index (χ0v) is 15.6. The number of rotatable bonds is 5. The van der Waals surface area contributed by atoms with Gasteiger partial charge >= 0.3 is 0 Å². The second-order valence-electron chi connectivity index (χ2n) is 5.26. The normalized spacial score (nSPS) is 11.4. The summed E-state index contributed by atoms with van der Waals surface area (Å²) >= 11 is 3.49. The van der Waals surface area contributed by atoms with Crippen LogP contribution in [0.3, 0.4) is 0 Å². The first-order valence-electron chi connectivity index (χ1n) is 7.64. The molecule has 25 heavy (non-hydrogen) atoms. The number of aromatic nitrogens is 4. The fourth-order valence-corrected chi connectivity index (χ4v) is 3.00. The first-order valence-corrected chi connectivity index (χ1v) is 8.43. The van der Waals surface area contributed by atoms with Crippen molar-refractivity contribution in [2.75, 3.05) is 13.7 Å². The van der Waals surface area contributed by atoms with Gasteiger partial charge in [-0.05, 0) is 46.6 Å². The number of aromatic amines is 1. The van der Waals surface area contributed by atoms with Crippen LogP contribution in [-0.4, -0.2) is 33.5 Å². The third-order valence-electron chi connectivity index (χ3n) is 3.59. The highest BCUT2D eigenvalue weighted by molar-refractivity contribution is 9.10. The summed E-state index contributed by atoms with van der Waals surface area (Å²) in [4.78, 5) is 19.2. The Hall–Kier alpha value is -2.61. The Kier molecular flexibility index (Phi) is 4.89. The Morgan fingerprint density at radius 3 is 2.88 bits per heavy atom. The lowest BCUT2D eigenvalue weighted by Crippen LogP contribution is -2.09. The van der Waals surface area contributed by atoms with Gasteiger partial charge in [-0.3, -0.25) is 9.48 Å². The van der Waals surface area contributed by atoms with Crippen LogP contribution in [-0.2, 0) is 7.05 Å². The number of hydrogen-bond donors (Lipinski definition) is 1. The number of fused-ring (bicyclic) bond motifs is 1. The zero-order chi connectivity index (χ0) is 18.0. The van der Waals surface area contributed by atoms with Gasteiger partial charge in [0.05, 0.1) is 24.4 Å². The average molecular weight is 405 g/mol. The van der Waals surface area contributed by atoms with Crippen LogP contribution in [0.1, 0.15) is 18.3 Å². The highest BCUT2D eigenvalue weighted by Crippen LogP contribution is 2.37. The monoisotopic (exact) mass is 404 g/mol. The van der Waals surface area contributed by atoms with E-state index in [0.717, 1.165) is 10.0 Å². The molecule has 0 aliphatic carbocycles. The van der Waals surface area contributed by atoms with Crippen molar-refractivity contribution < 1.29 is 9.47 Å². The lowest BCUT2D eigenvalue weighted by atomic mass is 10.2. The minimum atomic E-state index is -0.219. The molecule has 1 N–H and O–H groups in total. The molecule has 8 heteroatoms. The van der Waals surface area contributed by atoms with Crippen molar-refractivity contribution in [3.05, 3.63) is 44.5 Å². The Bertz CT molecular complexity index is 1010. The minimum Gasteiger partial charge on any atom is -0.493 e.